The molecule has 15 heavy (non-hydrogen) atoms. The van der Waals surface area contributed by atoms with E-state index in [2.05, 4.69) is 31.9 Å². The van der Waals surface area contributed by atoms with Gasteiger partial charge in [0.2, 0.25) is 0 Å². The molecule has 0 N–H and O–H groups in total. The number of Topliss-reactive ketones (excluding diaryl/α,β-unsaturated/α-hetero) is 1. The van der Waals surface area contributed by atoms with Gasteiger partial charge in [-0.3, -0.25) is 4.79 Å². The molecule has 5 heteroatoms. The van der Waals surface area contributed by atoms with Gasteiger partial charge in [0.25, 0.3) is 6.43 Å². The first-order valence-electron chi connectivity index (χ1n) is 4.23. The van der Waals surface area contributed by atoms with E-state index in [1.165, 1.54) is 12.1 Å². The lowest BCUT2D eigenvalue weighted by atomic mass is 10.0. The topological polar surface area (TPSA) is 17.1 Å². The van der Waals surface area contributed by atoms with Gasteiger partial charge >= 0.3 is 0 Å². The average molecular weight is 342 g/mol. The van der Waals surface area contributed by atoms with Gasteiger partial charge in [-0.15, -0.1) is 0 Å². The Labute approximate surface area is 103 Å². The molecule has 0 radical (unpaired) electrons. The van der Waals surface area contributed by atoms with E-state index < -0.39 is 6.43 Å². The number of rotatable bonds is 4. The molecule has 0 bridgehead atoms. The van der Waals surface area contributed by atoms with E-state index in [1.54, 1.807) is 6.07 Å². The summed E-state index contributed by atoms with van der Waals surface area (Å²) in [5.41, 5.74) is -0.123. The molecular weight excluding hydrogens is 334 g/mol. The molecule has 0 atom stereocenters. The molecule has 1 aromatic carbocycles. The van der Waals surface area contributed by atoms with Crippen molar-refractivity contribution in [1.82, 2.24) is 0 Å². The minimum Gasteiger partial charge on any atom is -0.294 e. The summed E-state index contributed by atoms with van der Waals surface area (Å²) in [5.74, 6) is -0.275. The van der Waals surface area contributed by atoms with E-state index in [4.69, 9.17) is 0 Å². The lowest BCUT2D eigenvalue weighted by Crippen LogP contribution is -2.05. The Morgan fingerprint density at radius 2 is 2.07 bits per heavy atom. The highest BCUT2D eigenvalue weighted by atomic mass is 79.9. The number of hydrogen-bond donors (Lipinski definition) is 0. The van der Waals surface area contributed by atoms with Gasteiger partial charge < -0.3 is 0 Å². The predicted molar refractivity (Wildman–Crippen MR) is 61.8 cm³/mol. The standard InChI is InChI=1S/C10H8Br2F2O/c11-5-4-8(15)6-2-1-3-7(12)9(6)10(13)14/h1-3,10H,4-5H2. The van der Waals surface area contributed by atoms with Crippen LogP contribution in [0.15, 0.2) is 22.7 Å². The molecule has 0 fully saturated rings. The number of carbonyl (C=O) groups is 1. The van der Waals surface area contributed by atoms with Crippen LogP contribution in [0, 0.1) is 0 Å². The monoisotopic (exact) mass is 340 g/mol. The third-order valence-corrected chi connectivity index (χ3v) is 2.98. The summed E-state index contributed by atoms with van der Waals surface area (Å²) in [5, 5.41) is 0.473. The van der Waals surface area contributed by atoms with Crippen molar-refractivity contribution in [1.29, 1.82) is 0 Å². The van der Waals surface area contributed by atoms with Crippen LogP contribution < -0.4 is 0 Å². The van der Waals surface area contributed by atoms with Crippen LogP contribution in [-0.4, -0.2) is 11.1 Å². The molecule has 0 spiro atoms. The van der Waals surface area contributed by atoms with Gasteiger partial charge in [0.1, 0.15) is 0 Å². The van der Waals surface area contributed by atoms with Crippen LogP contribution in [0.3, 0.4) is 0 Å². The molecule has 1 aromatic rings. The fourth-order valence-corrected chi connectivity index (χ4v) is 2.12. The molecule has 0 unspecified atom stereocenters. The molecule has 1 rings (SSSR count). The van der Waals surface area contributed by atoms with Crippen LogP contribution in [0.5, 0.6) is 0 Å². The Morgan fingerprint density at radius 3 is 2.60 bits per heavy atom. The van der Waals surface area contributed by atoms with Crippen LogP contribution in [0.2, 0.25) is 0 Å². The molecule has 0 aliphatic rings. The Balaban J connectivity index is 3.17. The minimum absolute atomic E-state index is 0.0961. The van der Waals surface area contributed by atoms with Gasteiger partial charge in [-0.25, -0.2) is 8.78 Å². The fraction of sp³-hybridized carbons (Fsp3) is 0.300. The molecule has 0 aromatic heterocycles. The van der Waals surface area contributed by atoms with Crippen molar-refractivity contribution >= 4 is 37.6 Å². The van der Waals surface area contributed by atoms with Crippen molar-refractivity contribution in [2.45, 2.75) is 12.8 Å². The normalized spacial score (nSPS) is 10.7. The minimum atomic E-state index is -2.64. The largest absolute Gasteiger partial charge is 0.294 e. The van der Waals surface area contributed by atoms with Crippen molar-refractivity contribution < 1.29 is 13.6 Å². The molecule has 0 saturated carbocycles. The Bertz CT molecular complexity index is 366. The van der Waals surface area contributed by atoms with Crippen molar-refractivity contribution in [3.8, 4) is 0 Å². The van der Waals surface area contributed by atoms with Crippen LogP contribution >= 0.6 is 31.9 Å². The molecule has 82 valence electrons. The zero-order chi connectivity index (χ0) is 11.4. The molecule has 1 nitrogen and oxygen atoms in total. The van der Waals surface area contributed by atoms with Crippen molar-refractivity contribution in [2.24, 2.45) is 0 Å². The highest BCUT2D eigenvalue weighted by Gasteiger charge is 2.20. The number of benzene rings is 1. The summed E-state index contributed by atoms with van der Waals surface area (Å²) in [7, 11) is 0. The van der Waals surface area contributed by atoms with Gasteiger partial charge in [-0.05, 0) is 6.07 Å². The van der Waals surface area contributed by atoms with Crippen LogP contribution in [0.1, 0.15) is 28.8 Å². The first kappa shape index (κ1) is 12.8. The highest BCUT2D eigenvalue weighted by molar-refractivity contribution is 9.10. The van der Waals surface area contributed by atoms with E-state index in [0.717, 1.165) is 0 Å². The molecule has 0 amide bonds. The molecule has 0 aliphatic carbocycles. The maximum Gasteiger partial charge on any atom is 0.265 e. The molecule has 0 saturated heterocycles. The second-order valence-electron chi connectivity index (χ2n) is 2.86. The van der Waals surface area contributed by atoms with Crippen molar-refractivity contribution in [3.05, 3.63) is 33.8 Å². The molecular formula is C10H8Br2F2O. The van der Waals surface area contributed by atoms with E-state index in [1.807, 2.05) is 0 Å². The maximum absolute atomic E-state index is 12.7. The number of hydrogen-bond acceptors (Lipinski definition) is 1. The van der Waals surface area contributed by atoms with Crippen LogP contribution in [-0.2, 0) is 0 Å². The summed E-state index contributed by atoms with van der Waals surface area (Å²) in [6.07, 6.45) is -2.43. The molecule has 0 aliphatic heterocycles. The SMILES string of the molecule is O=C(CCBr)c1cccc(Br)c1C(F)F. The van der Waals surface area contributed by atoms with Crippen LogP contribution in [0.25, 0.3) is 0 Å². The van der Waals surface area contributed by atoms with E-state index in [9.17, 15) is 13.6 Å². The van der Waals surface area contributed by atoms with E-state index in [0.29, 0.717) is 5.33 Å². The smallest absolute Gasteiger partial charge is 0.265 e. The predicted octanol–water partition coefficient (Wildman–Crippen LogP) is 4.35. The lowest BCUT2D eigenvalue weighted by molar-refractivity contribution is 0.0975. The summed E-state index contributed by atoms with van der Waals surface area (Å²) in [4.78, 5) is 11.5. The first-order valence-corrected chi connectivity index (χ1v) is 6.15. The summed E-state index contributed by atoms with van der Waals surface area (Å²) >= 11 is 6.13. The quantitative estimate of drug-likeness (QED) is 0.587. The number of carbonyl (C=O) groups excluding carboxylic acids is 1. The van der Waals surface area contributed by atoms with E-state index in [-0.39, 0.29) is 27.8 Å². The Hall–Kier alpha value is -0.290. The Morgan fingerprint density at radius 1 is 1.40 bits per heavy atom. The van der Waals surface area contributed by atoms with Gasteiger partial charge in [0, 0.05) is 27.4 Å². The van der Waals surface area contributed by atoms with Gasteiger partial charge in [-0.1, -0.05) is 44.0 Å². The highest BCUT2D eigenvalue weighted by Crippen LogP contribution is 2.31. The summed E-state index contributed by atoms with van der Waals surface area (Å²) < 4.78 is 25.7. The third-order valence-electron chi connectivity index (χ3n) is 1.89. The lowest BCUT2D eigenvalue weighted by Gasteiger charge is -2.09. The van der Waals surface area contributed by atoms with Crippen molar-refractivity contribution in [2.75, 3.05) is 5.33 Å². The first-order chi connectivity index (χ1) is 7.07. The average Bonchev–Trinajstić information content (AvgIpc) is 2.17. The summed E-state index contributed by atoms with van der Waals surface area (Å²) in [6.45, 7) is 0. The Kier molecular flexibility index (Phi) is 4.86. The maximum atomic E-state index is 12.7. The zero-order valence-electron chi connectivity index (χ0n) is 7.64. The number of halogens is 4. The third kappa shape index (κ3) is 3.08. The van der Waals surface area contributed by atoms with Crippen molar-refractivity contribution in [3.63, 3.8) is 0 Å². The summed E-state index contributed by atoms with van der Waals surface area (Å²) in [6, 6.07) is 4.51. The van der Waals surface area contributed by atoms with Gasteiger partial charge in [0.05, 0.1) is 0 Å². The van der Waals surface area contributed by atoms with Crippen LogP contribution in [0.4, 0.5) is 8.78 Å². The number of ketones is 1. The number of alkyl halides is 3. The second kappa shape index (κ2) is 5.70. The van der Waals surface area contributed by atoms with Gasteiger partial charge in [-0.2, -0.15) is 0 Å². The second-order valence-corrected chi connectivity index (χ2v) is 4.51. The van der Waals surface area contributed by atoms with E-state index >= 15 is 0 Å². The van der Waals surface area contributed by atoms with Gasteiger partial charge in [0.15, 0.2) is 5.78 Å². The fourth-order valence-electron chi connectivity index (χ4n) is 1.22. The molecule has 0 heterocycles. The zero-order valence-corrected chi connectivity index (χ0v) is 10.8.